The lowest BCUT2D eigenvalue weighted by molar-refractivity contribution is 0.0697. The van der Waals surface area contributed by atoms with E-state index in [1.165, 1.54) is 0 Å². The van der Waals surface area contributed by atoms with Gasteiger partial charge in [0, 0.05) is 24.0 Å². The molecule has 0 radical (unpaired) electrons. The molecule has 0 amide bonds. The van der Waals surface area contributed by atoms with Gasteiger partial charge in [-0.1, -0.05) is 23.7 Å². The van der Waals surface area contributed by atoms with Gasteiger partial charge in [-0.25, -0.2) is 4.79 Å². The van der Waals surface area contributed by atoms with E-state index in [-0.39, 0.29) is 0 Å². The second-order valence-corrected chi connectivity index (χ2v) is 3.94. The summed E-state index contributed by atoms with van der Waals surface area (Å²) in [6, 6.07) is 9.06. The van der Waals surface area contributed by atoms with Crippen molar-refractivity contribution in [3.8, 4) is 0 Å². The molecule has 4 heteroatoms. The van der Waals surface area contributed by atoms with Crippen LogP contribution in [-0.2, 0) is 6.54 Å². The van der Waals surface area contributed by atoms with Gasteiger partial charge in [-0.05, 0) is 23.8 Å². The highest BCUT2D eigenvalue weighted by molar-refractivity contribution is 6.30. The molecule has 2 rings (SSSR count). The minimum Gasteiger partial charge on any atom is -0.478 e. The van der Waals surface area contributed by atoms with Crippen LogP contribution in [0.1, 0.15) is 15.9 Å². The first kappa shape index (κ1) is 10.8. The monoisotopic (exact) mass is 235 g/mol. The number of hydrogen-bond donors (Lipinski definition) is 1. The summed E-state index contributed by atoms with van der Waals surface area (Å²) in [5.74, 6) is -0.908. The van der Waals surface area contributed by atoms with Gasteiger partial charge in [0.05, 0.1) is 5.56 Å². The number of halogens is 1. The van der Waals surface area contributed by atoms with Crippen LogP contribution in [0, 0.1) is 0 Å². The fourth-order valence-corrected chi connectivity index (χ4v) is 1.59. The molecule has 0 saturated heterocycles. The van der Waals surface area contributed by atoms with Crippen molar-refractivity contribution in [3.63, 3.8) is 0 Å². The minimum atomic E-state index is -0.908. The topological polar surface area (TPSA) is 42.2 Å². The predicted molar refractivity (Wildman–Crippen MR) is 61.9 cm³/mol. The Morgan fingerprint density at radius 1 is 1.25 bits per heavy atom. The third-order valence-corrected chi connectivity index (χ3v) is 2.53. The number of aromatic nitrogens is 1. The van der Waals surface area contributed by atoms with Crippen molar-refractivity contribution in [2.75, 3.05) is 0 Å². The number of nitrogens with zero attached hydrogens (tertiary/aromatic N) is 1. The average Bonchev–Trinajstić information content (AvgIpc) is 2.70. The molecule has 82 valence electrons. The number of rotatable bonds is 3. The van der Waals surface area contributed by atoms with Gasteiger partial charge < -0.3 is 9.67 Å². The fourth-order valence-electron chi connectivity index (χ4n) is 1.47. The molecule has 16 heavy (non-hydrogen) atoms. The van der Waals surface area contributed by atoms with Crippen LogP contribution in [0.4, 0.5) is 0 Å². The molecule has 0 spiro atoms. The third-order valence-electron chi connectivity index (χ3n) is 2.28. The van der Waals surface area contributed by atoms with Crippen molar-refractivity contribution >= 4 is 17.6 Å². The average molecular weight is 236 g/mol. The first-order valence-corrected chi connectivity index (χ1v) is 5.16. The van der Waals surface area contributed by atoms with Gasteiger partial charge >= 0.3 is 5.97 Å². The van der Waals surface area contributed by atoms with E-state index >= 15 is 0 Å². The summed E-state index contributed by atoms with van der Waals surface area (Å²) in [7, 11) is 0. The Labute approximate surface area is 97.9 Å². The van der Waals surface area contributed by atoms with Crippen LogP contribution < -0.4 is 0 Å². The number of carboxylic acid groups (broad SMARTS) is 1. The summed E-state index contributed by atoms with van der Waals surface area (Å²) >= 11 is 5.78. The summed E-state index contributed by atoms with van der Waals surface area (Å²) in [6.45, 7) is 0.643. The zero-order chi connectivity index (χ0) is 11.5. The molecule has 0 bridgehead atoms. The molecule has 3 nitrogen and oxygen atoms in total. The molecular formula is C12H10ClNO2. The summed E-state index contributed by atoms with van der Waals surface area (Å²) in [5, 5.41) is 9.47. The maximum Gasteiger partial charge on any atom is 0.337 e. The van der Waals surface area contributed by atoms with Gasteiger partial charge in [-0.2, -0.15) is 0 Å². The molecule has 0 fully saturated rings. The Bertz CT molecular complexity index is 502. The Balaban J connectivity index is 2.14. The van der Waals surface area contributed by atoms with Gasteiger partial charge in [0.25, 0.3) is 0 Å². The van der Waals surface area contributed by atoms with E-state index in [1.54, 1.807) is 18.5 Å². The van der Waals surface area contributed by atoms with E-state index in [1.807, 2.05) is 28.8 Å². The Morgan fingerprint density at radius 3 is 2.50 bits per heavy atom. The van der Waals surface area contributed by atoms with Crippen molar-refractivity contribution in [1.29, 1.82) is 0 Å². The van der Waals surface area contributed by atoms with Crippen LogP contribution in [0.25, 0.3) is 0 Å². The lowest BCUT2D eigenvalue weighted by Crippen LogP contribution is -1.97. The number of aromatic carboxylic acids is 1. The highest BCUT2D eigenvalue weighted by Crippen LogP contribution is 2.11. The number of carboxylic acids is 1. The van der Waals surface area contributed by atoms with E-state index in [4.69, 9.17) is 16.7 Å². The van der Waals surface area contributed by atoms with E-state index in [0.717, 1.165) is 5.56 Å². The molecule has 1 N–H and O–H groups in total. The molecule has 1 aromatic carbocycles. The maximum absolute atomic E-state index is 10.7. The maximum atomic E-state index is 10.7. The van der Waals surface area contributed by atoms with Gasteiger partial charge in [-0.3, -0.25) is 0 Å². The molecule has 0 aliphatic carbocycles. The standard InChI is InChI=1S/C12H10ClNO2/c13-11-3-1-9(2-4-11)7-14-6-5-10(8-14)12(15)16/h1-6,8H,7H2,(H,15,16). The lowest BCUT2D eigenvalue weighted by Gasteiger charge is -2.02. The van der Waals surface area contributed by atoms with Crippen LogP contribution in [0.5, 0.6) is 0 Å². The van der Waals surface area contributed by atoms with Crippen LogP contribution in [0.2, 0.25) is 5.02 Å². The van der Waals surface area contributed by atoms with E-state index in [2.05, 4.69) is 0 Å². The van der Waals surface area contributed by atoms with E-state index in [0.29, 0.717) is 17.1 Å². The lowest BCUT2D eigenvalue weighted by atomic mass is 10.2. The van der Waals surface area contributed by atoms with Crippen molar-refractivity contribution in [1.82, 2.24) is 4.57 Å². The quantitative estimate of drug-likeness (QED) is 0.889. The molecule has 1 aromatic heterocycles. The van der Waals surface area contributed by atoms with Gasteiger partial charge in [0.2, 0.25) is 0 Å². The minimum absolute atomic E-state index is 0.300. The smallest absolute Gasteiger partial charge is 0.337 e. The first-order chi connectivity index (χ1) is 7.65. The normalized spacial score (nSPS) is 10.3. The molecule has 0 aliphatic rings. The molecule has 0 aliphatic heterocycles. The SMILES string of the molecule is O=C(O)c1ccn(Cc2ccc(Cl)cc2)c1. The Morgan fingerprint density at radius 2 is 1.94 bits per heavy atom. The molecule has 0 saturated carbocycles. The van der Waals surface area contributed by atoms with Crippen molar-refractivity contribution in [2.24, 2.45) is 0 Å². The third kappa shape index (κ3) is 2.44. The molecule has 0 unspecified atom stereocenters. The van der Waals surface area contributed by atoms with Crippen molar-refractivity contribution < 1.29 is 9.90 Å². The van der Waals surface area contributed by atoms with Crippen LogP contribution in [-0.4, -0.2) is 15.6 Å². The summed E-state index contributed by atoms with van der Waals surface area (Å²) in [6.07, 6.45) is 3.36. The number of hydrogen-bond acceptors (Lipinski definition) is 1. The molecular weight excluding hydrogens is 226 g/mol. The van der Waals surface area contributed by atoms with Crippen LogP contribution in [0.15, 0.2) is 42.7 Å². The second-order valence-electron chi connectivity index (χ2n) is 3.50. The summed E-state index contributed by atoms with van der Waals surface area (Å²) in [5.41, 5.74) is 1.38. The number of carbonyl (C=O) groups is 1. The highest BCUT2D eigenvalue weighted by Gasteiger charge is 2.04. The summed E-state index contributed by atoms with van der Waals surface area (Å²) in [4.78, 5) is 10.7. The van der Waals surface area contributed by atoms with Gasteiger partial charge in [-0.15, -0.1) is 0 Å². The van der Waals surface area contributed by atoms with Crippen molar-refractivity contribution in [3.05, 3.63) is 58.9 Å². The molecule has 2 aromatic rings. The highest BCUT2D eigenvalue weighted by atomic mass is 35.5. The second kappa shape index (κ2) is 4.41. The zero-order valence-electron chi connectivity index (χ0n) is 8.43. The zero-order valence-corrected chi connectivity index (χ0v) is 9.19. The van der Waals surface area contributed by atoms with Crippen LogP contribution in [0.3, 0.4) is 0 Å². The number of benzene rings is 1. The van der Waals surface area contributed by atoms with Gasteiger partial charge in [0.15, 0.2) is 0 Å². The Hall–Kier alpha value is -1.74. The van der Waals surface area contributed by atoms with Gasteiger partial charge in [0.1, 0.15) is 0 Å². The van der Waals surface area contributed by atoms with E-state index < -0.39 is 5.97 Å². The Kier molecular flexibility index (Phi) is 2.97. The molecule has 0 atom stereocenters. The van der Waals surface area contributed by atoms with Crippen LogP contribution >= 0.6 is 11.6 Å². The first-order valence-electron chi connectivity index (χ1n) is 4.78. The molecule has 1 heterocycles. The van der Waals surface area contributed by atoms with E-state index in [9.17, 15) is 4.79 Å². The van der Waals surface area contributed by atoms with Crippen molar-refractivity contribution in [2.45, 2.75) is 6.54 Å². The fraction of sp³-hybridized carbons (Fsp3) is 0.0833. The predicted octanol–water partition coefficient (Wildman–Crippen LogP) is 2.89. The summed E-state index contributed by atoms with van der Waals surface area (Å²) < 4.78 is 1.83. The largest absolute Gasteiger partial charge is 0.478 e.